The quantitative estimate of drug-likeness (QED) is 0.875. The van der Waals surface area contributed by atoms with E-state index < -0.39 is 9.84 Å². The van der Waals surface area contributed by atoms with Gasteiger partial charge in [0.25, 0.3) is 0 Å². The predicted molar refractivity (Wildman–Crippen MR) is 104 cm³/mol. The fourth-order valence-corrected chi connectivity index (χ4v) is 4.16. The largest absolute Gasteiger partial charge is 0.376 e. The van der Waals surface area contributed by atoms with Gasteiger partial charge >= 0.3 is 0 Å². The molecular weight excluding hydrogens is 348 g/mol. The van der Waals surface area contributed by atoms with Crippen LogP contribution in [0.5, 0.6) is 0 Å². The number of carbonyl (C=O) groups excluding carboxylic acids is 1. The summed E-state index contributed by atoms with van der Waals surface area (Å²) >= 11 is 0. The van der Waals surface area contributed by atoms with Crippen LogP contribution in [0.2, 0.25) is 0 Å². The van der Waals surface area contributed by atoms with Crippen molar-refractivity contribution in [2.45, 2.75) is 37.6 Å². The number of para-hydroxylation sites is 1. The minimum absolute atomic E-state index is 0.00917. The zero-order chi connectivity index (χ0) is 18.7. The summed E-state index contributed by atoms with van der Waals surface area (Å²) in [7, 11) is -3.21. The average Bonchev–Trinajstić information content (AvgIpc) is 2.66. The maximum Gasteiger partial charge on any atom is 0.246 e. The first-order valence-electron chi connectivity index (χ1n) is 8.89. The Labute approximate surface area is 154 Å². The third kappa shape index (κ3) is 3.75. The van der Waals surface area contributed by atoms with Crippen molar-refractivity contribution in [3.05, 3.63) is 54.1 Å². The monoisotopic (exact) mass is 372 g/mol. The second-order valence-electron chi connectivity index (χ2n) is 6.56. The summed E-state index contributed by atoms with van der Waals surface area (Å²) in [6.07, 6.45) is 1.94. The first kappa shape index (κ1) is 18.5. The Morgan fingerprint density at radius 1 is 1.15 bits per heavy atom. The van der Waals surface area contributed by atoms with Crippen LogP contribution in [-0.4, -0.2) is 32.7 Å². The summed E-state index contributed by atoms with van der Waals surface area (Å²) in [6.45, 7) is 3.86. The first-order valence-corrected chi connectivity index (χ1v) is 10.5. The smallest absolute Gasteiger partial charge is 0.246 e. The lowest BCUT2D eigenvalue weighted by Gasteiger charge is -2.35. The third-order valence-corrected chi connectivity index (χ3v) is 6.58. The number of nitrogens with one attached hydrogen (secondary N) is 1. The van der Waals surface area contributed by atoms with E-state index in [9.17, 15) is 13.2 Å². The van der Waals surface area contributed by atoms with Gasteiger partial charge in [-0.05, 0) is 55.7 Å². The van der Waals surface area contributed by atoms with Gasteiger partial charge in [0.15, 0.2) is 9.84 Å². The van der Waals surface area contributed by atoms with Crippen molar-refractivity contribution in [1.82, 2.24) is 0 Å². The van der Waals surface area contributed by atoms with E-state index in [1.807, 2.05) is 23.1 Å². The highest BCUT2D eigenvalue weighted by Crippen LogP contribution is 2.30. The molecule has 2 aromatic carbocycles. The molecule has 0 aliphatic carbocycles. The van der Waals surface area contributed by atoms with Crippen LogP contribution in [0.25, 0.3) is 0 Å². The lowest BCUT2D eigenvalue weighted by atomic mass is 9.96. The molecule has 0 saturated carbocycles. The highest BCUT2D eigenvalue weighted by molar-refractivity contribution is 7.91. The van der Waals surface area contributed by atoms with E-state index in [0.717, 1.165) is 24.2 Å². The van der Waals surface area contributed by atoms with E-state index >= 15 is 0 Å². The van der Waals surface area contributed by atoms with Crippen molar-refractivity contribution < 1.29 is 13.2 Å². The highest BCUT2D eigenvalue weighted by atomic mass is 32.2. The molecule has 1 N–H and O–H groups in total. The average molecular weight is 372 g/mol. The molecule has 0 bridgehead atoms. The summed E-state index contributed by atoms with van der Waals surface area (Å²) in [5.41, 5.74) is 2.92. The van der Waals surface area contributed by atoms with Gasteiger partial charge in [0.2, 0.25) is 5.91 Å². The zero-order valence-electron chi connectivity index (χ0n) is 15.1. The number of nitrogens with zero attached hydrogens (tertiary/aromatic N) is 1. The number of benzene rings is 2. The Balaban J connectivity index is 1.70. The third-order valence-electron chi connectivity index (χ3n) is 4.83. The summed E-state index contributed by atoms with van der Waals surface area (Å²) in [5.74, 6) is 0.0831. The highest BCUT2D eigenvalue weighted by Gasteiger charge is 2.27. The SMILES string of the molecule is CCS(=O)(=O)c1ccc(NCC(=O)N2c3ccccc3CC[C@@H]2C)cc1. The van der Waals surface area contributed by atoms with Crippen LogP contribution >= 0.6 is 0 Å². The van der Waals surface area contributed by atoms with Gasteiger partial charge in [0.1, 0.15) is 0 Å². The van der Waals surface area contributed by atoms with Gasteiger partial charge in [-0.3, -0.25) is 4.79 Å². The molecule has 0 spiro atoms. The number of hydrogen-bond acceptors (Lipinski definition) is 4. The number of amides is 1. The van der Waals surface area contributed by atoms with Crippen molar-refractivity contribution in [1.29, 1.82) is 0 Å². The number of sulfone groups is 1. The molecule has 1 atom stereocenters. The second kappa shape index (κ2) is 7.50. The molecule has 1 amide bonds. The van der Waals surface area contributed by atoms with Crippen molar-refractivity contribution in [3.63, 3.8) is 0 Å². The van der Waals surface area contributed by atoms with Gasteiger partial charge in [-0.1, -0.05) is 25.1 Å². The van der Waals surface area contributed by atoms with E-state index in [1.165, 1.54) is 5.56 Å². The van der Waals surface area contributed by atoms with E-state index in [0.29, 0.717) is 4.90 Å². The summed E-state index contributed by atoms with van der Waals surface area (Å²) in [6, 6.07) is 14.7. The maximum absolute atomic E-state index is 12.8. The fourth-order valence-electron chi connectivity index (χ4n) is 3.28. The van der Waals surface area contributed by atoms with Crippen molar-refractivity contribution in [3.8, 4) is 0 Å². The van der Waals surface area contributed by atoms with Crippen LogP contribution in [0.4, 0.5) is 11.4 Å². The molecule has 1 heterocycles. The summed E-state index contributed by atoms with van der Waals surface area (Å²) in [4.78, 5) is 14.9. The Bertz CT molecular complexity index is 892. The molecule has 138 valence electrons. The lowest BCUT2D eigenvalue weighted by Crippen LogP contribution is -2.44. The molecule has 0 aromatic heterocycles. The van der Waals surface area contributed by atoms with Gasteiger partial charge in [-0.25, -0.2) is 8.42 Å². The van der Waals surface area contributed by atoms with Crippen molar-refractivity contribution in [2.24, 2.45) is 0 Å². The molecule has 2 aromatic rings. The Hall–Kier alpha value is -2.34. The van der Waals surface area contributed by atoms with E-state index in [-0.39, 0.29) is 24.2 Å². The number of anilines is 2. The van der Waals surface area contributed by atoms with Crippen LogP contribution in [-0.2, 0) is 21.1 Å². The molecule has 0 fully saturated rings. The lowest BCUT2D eigenvalue weighted by molar-refractivity contribution is -0.117. The maximum atomic E-state index is 12.8. The minimum atomic E-state index is -3.21. The topological polar surface area (TPSA) is 66.5 Å². The van der Waals surface area contributed by atoms with Crippen LogP contribution < -0.4 is 10.2 Å². The molecule has 1 aliphatic heterocycles. The van der Waals surface area contributed by atoms with Crippen LogP contribution in [0.15, 0.2) is 53.4 Å². The summed E-state index contributed by atoms with van der Waals surface area (Å²) < 4.78 is 23.7. The van der Waals surface area contributed by atoms with E-state index in [4.69, 9.17) is 0 Å². The number of fused-ring (bicyclic) bond motifs is 1. The number of aryl methyl sites for hydroxylation is 1. The van der Waals surface area contributed by atoms with Gasteiger partial charge in [-0.15, -0.1) is 0 Å². The predicted octanol–water partition coefficient (Wildman–Crippen LogP) is 3.26. The molecule has 0 radical (unpaired) electrons. The van der Waals surface area contributed by atoms with Gasteiger partial charge in [0, 0.05) is 17.4 Å². The zero-order valence-corrected chi connectivity index (χ0v) is 15.9. The Morgan fingerprint density at radius 2 is 1.85 bits per heavy atom. The molecule has 0 unspecified atom stereocenters. The molecule has 0 saturated heterocycles. The van der Waals surface area contributed by atoms with Gasteiger partial charge in [0.05, 0.1) is 17.2 Å². The molecule has 1 aliphatic rings. The van der Waals surface area contributed by atoms with Gasteiger partial charge in [-0.2, -0.15) is 0 Å². The van der Waals surface area contributed by atoms with Crippen molar-refractivity contribution >= 4 is 27.1 Å². The number of rotatable bonds is 5. The fraction of sp³-hybridized carbons (Fsp3) is 0.350. The van der Waals surface area contributed by atoms with Crippen LogP contribution in [0.1, 0.15) is 25.8 Å². The number of carbonyl (C=O) groups is 1. The van der Waals surface area contributed by atoms with E-state index in [1.54, 1.807) is 31.2 Å². The van der Waals surface area contributed by atoms with Gasteiger partial charge < -0.3 is 10.2 Å². The summed E-state index contributed by atoms with van der Waals surface area (Å²) in [5, 5.41) is 3.10. The standard InChI is InChI=1S/C20H24N2O3S/c1-3-26(24,25)18-12-10-17(11-13-18)21-14-20(23)22-15(2)8-9-16-6-4-5-7-19(16)22/h4-7,10-13,15,21H,3,8-9,14H2,1-2H3/t15-/m0/s1. The Morgan fingerprint density at radius 3 is 2.54 bits per heavy atom. The van der Waals surface area contributed by atoms with Crippen molar-refractivity contribution in [2.75, 3.05) is 22.5 Å². The molecular formula is C20H24N2O3S. The Kier molecular flexibility index (Phi) is 5.32. The van der Waals surface area contributed by atoms with E-state index in [2.05, 4.69) is 18.3 Å². The molecule has 26 heavy (non-hydrogen) atoms. The second-order valence-corrected chi connectivity index (χ2v) is 8.84. The molecule has 3 rings (SSSR count). The van der Waals surface area contributed by atoms with Crippen LogP contribution in [0, 0.1) is 0 Å². The minimum Gasteiger partial charge on any atom is -0.376 e. The molecule has 5 nitrogen and oxygen atoms in total. The first-order chi connectivity index (χ1) is 12.4. The normalized spacial score (nSPS) is 16.8. The molecule has 6 heteroatoms. The van der Waals surface area contributed by atoms with Crippen LogP contribution in [0.3, 0.4) is 0 Å². The number of hydrogen-bond donors (Lipinski definition) is 1.